The van der Waals surface area contributed by atoms with E-state index in [0.29, 0.717) is 11.6 Å². The van der Waals surface area contributed by atoms with Crippen LogP contribution in [0.2, 0.25) is 10.0 Å². The van der Waals surface area contributed by atoms with Crippen molar-refractivity contribution in [3.63, 3.8) is 0 Å². The number of aromatic nitrogens is 2. The fraction of sp³-hybridized carbons (Fsp3) is 0.100. The van der Waals surface area contributed by atoms with E-state index < -0.39 is 5.82 Å². The molecule has 1 N–H and O–H groups in total. The Bertz CT molecular complexity index is 502. The second-order valence-electron chi connectivity index (χ2n) is 3.24. The van der Waals surface area contributed by atoms with Crippen LogP contribution in [0.4, 0.5) is 16.0 Å². The molecule has 0 amide bonds. The van der Waals surface area contributed by atoms with Gasteiger partial charge in [-0.05, 0) is 12.1 Å². The molecule has 0 aliphatic rings. The van der Waals surface area contributed by atoms with Crippen molar-refractivity contribution in [3.05, 3.63) is 40.4 Å². The topological polar surface area (TPSA) is 29.9 Å². The Kier molecular flexibility index (Phi) is 3.03. The molecule has 16 heavy (non-hydrogen) atoms. The van der Waals surface area contributed by atoms with Crippen molar-refractivity contribution in [3.8, 4) is 0 Å². The maximum atomic E-state index is 13.2. The summed E-state index contributed by atoms with van der Waals surface area (Å²) in [6, 6.07) is 2.91. The lowest BCUT2D eigenvalue weighted by molar-refractivity contribution is 0.629. The predicted molar refractivity (Wildman–Crippen MR) is 62.9 cm³/mol. The number of anilines is 2. The van der Waals surface area contributed by atoms with Gasteiger partial charge in [0, 0.05) is 25.1 Å². The van der Waals surface area contributed by atoms with Crippen molar-refractivity contribution in [2.45, 2.75) is 0 Å². The molecule has 6 heteroatoms. The minimum absolute atomic E-state index is 0.0239. The van der Waals surface area contributed by atoms with Crippen molar-refractivity contribution < 1.29 is 4.39 Å². The second-order valence-corrected chi connectivity index (χ2v) is 4.06. The van der Waals surface area contributed by atoms with E-state index >= 15 is 0 Å². The van der Waals surface area contributed by atoms with Gasteiger partial charge in [0.1, 0.15) is 0 Å². The first-order valence-corrected chi connectivity index (χ1v) is 5.22. The lowest BCUT2D eigenvalue weighted by atomic mass is 10.3. The van der Waals surface area contributed by atoms with Gasteiger partial charge in [-0.25, -0.2) is 9.37 Å². The van der Waals surface area contributed by atoms with Gasteiger partial charge in [0.15, 0.2) is 5.82 Å². The summed E-state index contributed by atoms with van der Waals surface area (Å²) >= 11 is 11.3. The first-order chi connectivity index (χ1) is 7.58. The Morgan fingerprint density at radius 3 is 2.44 bits per heavy atom. The van der Waals surface area contributed by atoms with Crippen LogP contribution in [0, 0.1) is 5.82 Å². The molecule has 1 aromatic carbocycles. The minimum atomic E-state index is -0.617. The standard InChI is InChI=1S/C10H8Cl2FN3/c1-16-3-2-14-10(16)15-6-4-7(11)9(13)8(12)5-6/h2-5H,1H3,(H,14,15). The molecule has 0 saturated carbocycles. The number of hydrogen-bond donors (Lipinski definition) is 1. The van der Waals surface area contributed by atoms with E-state index in [0.717, 1.165) is 0 Å². The fourth-order valence-electron chi connectivity index (χ4n) is 1.24. The van der Waals surface area contributed by atoms with Gasteiger partial charge >= 0.3 is 0 Å². The molecule has 0 bridgehead atoms. The Morgan fingerprint density at radius 1 is 1.31 bits per heavy atom. The van der Waals surface area contributed by atoms with Gasteiger partial charge in [-0.3, -0.25) is 0 Å². The van der Waals surface area contributed by atoms with Crippen LogP contribution in [-0.2, 0) is 7.05 Å². The van der Waals surface area contributed by atoms with Crippen molar-refractivity contribution in [1.82, 2.24) is 9.55 Å². The highest BCUT2D eigenvalue weighted by Gasteiger charge is 2.08. The SMILES string of the molecule is Cn1ccnc1Nc1cc(Cl)c(F)c(Cl)c1. The Labute approximate surface area is 102 Å². The third kappa shape index (κ3) is 2.13. The van der Waals surface area contributed by atoms with E-state index in [4.69, 9.17) is 23.2 Å². The zero-order valence-corrected chi connectivity index (χ0v) is 9.85. The molecule has 3 nitrogen and oxygen atoms in total. The third-order valence-electron chi connectivity index (χ3n) is 2.06. The zero-order chi connectivity index (χ0) is 11.7. The molecule has 84 valence electrons. The number of hydrogen-bond acceptors (Lipinski definition) is 2. The maximum Gasteiger partial charge on any atom is 0.207 e. The zero-order valence-electron chi connectivity index (χ0n) is 8.34. The van der Waals surface area contributed by atoms with Crippen LogP contribution in [0.25, 0.3) is 0 Å². The molecule has 1 heterocycles. The van der Waals surface area contributed by atoms with Gasteiger partial charge in [-0.2, -0.15) is 0 Å². The number of rotatable bonds is 2. The first kappa shape index (κ1) is 11.2. The average Bonchev–Trinajstić information content (AvgIpc) is 2.61. The van der Waals surface area contributed by atoms with Crippen LogP contribution >= 0.6 is 23.2 Å². The molecule has 2 aromatic rings. The van der Waals surface area contributed by atoms with Crippen molar-refractivity contribution in [2.24, 2.45) is 7.05 Å². The normalized spacial score (nSPS) is 10.5. The molecule has 1 aromatic heterocycles. The van der Waals surface area contributed by atoms with Crippen molar-refractivity contribution in [1.29, 1.82) is 0 Å². The van der Waals surface area contributed by atoms with E-state index in [-0.39, 0.29) is 10.0 Å². The number of nitrogens with one attached hydrogen (secondary N) is 1. The summed E-state index contributed by atoms with van der Waals surface area (Å²) in [6.45, 7) is 0. The molecular formula is C10H8Cl2FN3. The van der Waals surface area contributed by atoms with Gasteiger partial charge < -0.3 is 9.88 Å². The monoisotopic (exact) mass is 259 g/mol. The number of nitrogens with zero attached hydrogens (tertiary/aromatic N) is 2. The smallest absolute Gasteiger partial charge is 0.207 e. The van der Waals surface area contributed by atoms with Crippen molar-refractivity contribution >= 4 is 34.8 Å². The predicted octanol–water partition coefficient (Wildman–Crippen LogP) is 3.61. The molecule has 0 fully saturated rings. The summed E-state index contributed by atoms with van der Waals surface area (Å²) in [5, 5.41) is 2.93. The summed E-state index contributed by atoms with van der Waals surface area (Å²) < 4.78 is 14.9. The van der Waals surface area contributed by atoms with Crippen LogP contribution < -0.4 is 5.32 Å². The number of halogens is 3. The van der Waals surface area contributed by atoms with E-state index in [9.17, 15) is 4.39 Å². The van der Waals surface area contributed by atoms with Crippen LogP contribution in [0.15, 0.2) is 24.5 Å². The number of aryl methyl sites for hydroxylation is 1. The second kappa shape index (κ2) is 4.31. The minimum Gasteiger partial charge on any atom is -0.326 e. The van der Waals surface area contributed by atoms with Crippen molar-refractivity contribution in [2.75, 3.05) is 5.32 Å². The molecule has 0 aliphatic carbocycles. The van der Waals surface area contributed by atoms with Gasteiger partial charge in [0.05, 0.1) is 10.0 Å². The summed E-state index contributed by atoms with van der Waals surface area (Å²) in [5.41, 5.74) is 0.589. The highest BCUT2D eigenvalue weighted by molar-refractivity contribution is 6.35. The Morgan fingerprint density at radius 2 is 1.94 bits per heavy atom. The van der Waals surface area contributed by atoms with Crippen LogP contribution in [-0.4, -0.2) is 9.55 Å². The third-order valence-corrected chi connectivity index (χ3v) is 2.61. The van der Waals surface area contributed by atoms with Crippen LogP contribution in [0.1, 0.15) is 0 Å². The van der Waals surface area contributed by atoms with E-state index in [1.165, 1.54) is 12.1 Å². The van der Waals surface area contributed by atoms with Gasteiger partial charge in [0.25, 0.3) is 0 Å². The van der Waals surface area contributed by atoms with E-state index in [1.807, 2.05) is 7.05 Å². The first-order valence-electron chi connectivity index (χ1n) is 4.47. The molecule has 0 spiro atoms. The Balaban J connectivity index is 2.33. The lowest BCUT2D eigenvalue weighted by Gasteiger charge is -2.07. The average molecular weight is 260 g/mol. The van der Waals surface area contributed by atoms with E-state index in [2.05, 4.69) is 10.3 Å². The number of benzene rings is 1. The summed E-state index contributed by atoms with van der Waals surface area (Å²) in [6.07, 6.45) is 3.43. The molecule has 0 saturated heterocycles. The van der Waals surface area contributed by atoms with Crippen LogP contribution in [0.3, 0.4) is 0 Å². The summed E-state index contributed by atoms with van der Waals surface area (Å²) in [4.78, 5) is 4.06. The molecule has 0 aliphatic heterocycles. The van der Waals surface area contributed by atoms with E-state index in [1.54, 1.807) is 17.0 Å². The summed E-state index contributed by atoms with van der Waals surface area (Å²) in [7, 11) is 1.84. The molecular weight excluding hydrogens is 252 g/mol. The largest absolute Gasteiger partial charge is 0.326 e. The summed E-state index contributed by atoms with van der Waals surface area (Å²) in [5.74, 6) is 0.00691. The molecule has 0 radical (unpaired) electrons. The highest BCUT2D eigenvalue weighted by Crippen LogP contribution is 2.28. The lowest BCUT2D eigenvalue weighted by Crippen LogP contribution is -1.98. The molecule has 0 atom stereocenters. The maximum absolute atomic E-state index is 13.2. The quantitative estimate of drug-likeness (QED) is 0.836. The fourth-order valence-corrected chi connectivity index (χ4v) is 1.73. The Hall–Kier alpha value is -1.26. The highest BCUT2D eigenvalue weighted by atomic mass is 35.5. The van der Waals surface area contributed by atoms with Gasteiger partial charge in [-0.1, -0.05) is 23.2 Å². The van der Waals surface area contributed by atoms with Gasteiger partial charge in [-0.15, -0.1) is 0 Å². The van der Waals surface area contributed by atoms with Gasteiger partial charge in [0.2, 0.25) is 5.95 Å². The number of imidazole rings is 1. The molecule has 2 rings (SSSR count). The van der Waals surface area contributed by atoms with Crippen LogP contribution in [0.5, 0.6) is 0 Å². The molecule has 0 unspecified atom stereocenters.